The highest BCUT2D eigenvalue weighted by Gasteiger charge is 2.12. The highest BCUT2D eigenvalue weighted by Crippen LogP contribution is 2.14. The van der Waals surface area contributed by atoms with Gasteiger partial charge in [0.2, 0.25) is 5.91 Å². The van der Waals surface area contributed by atoms with Gasteiger partial charge in [-0.15, -0.1) is 0 Å². The molecule has 0 bridgehead atoms. The molecule has 1 heterocycles. The number of amides is 1. The van der Waals surface area contributed by atoms with Gasteiger partial charge in [0.05, 0.1) is 6.54 Å². The summed E-state index contributed by atoms with van der Waals surface area (Å²) < 4.78 is 0. The van der Waals surface area contributed by atoms with Gasteiger partial charge in [-0.25, -0.2) is 9.97 Å². The van der Waals surface area contributed by atoms with Gasteiger partial charge in [-0.05, 0) is 13.8 Å². The largest absolute Gasteiger partial charge is 0.384 e. The van der Waals surface area contributed by atoms with E-state index in [2.05, 4.69) is 15.3 Å². The van der Waals surface area contributed by atoms with Crippen LogP contribution in [0.4, 0.5) is 11.6 Å². The molecule has 1 rings (SSSR count). The summed E-state index contributed by atoms with van der Waals surface area (Å²) in [5.41, 5.74) is 5.74. The number of nitrogens with zero attached hydrogens (tertiary/aromatic N) is 3. The first-order chi connectivity index (χ1) is 8.60. The molecular formula is C12H21N5O. The van der Waals surface area contributed by atoms with Gasteiger partial charge in [-0.3, -0.25) is 4.79 Å². The van der Waals surface area contributed by atoms with Crippen molar-refractivity contribution in [2.45, 2.75) is 27.2 Å². The molecule has 0 fully saturated rings. The van der Waals surface area contributed by atoms with Crippen LogP contribution in [0.5, 0.6) is 0 Å². The molecule has 0 spiro atoms. The zero-order valence-electron chi connectivity index (χ0n) is 11.2. The topological polar surface area (TPSA) is 84.1 Å². The number of anilines is 2. The maximum atomic E-state index is 11.6. The fourth-order valence-electron chi connectivity index (χ4n) is 1.60. The number of nitrogens with two attached hydrogens (primary N) is 1. The van der Waals surface area contributed by atoms with E-state index in [0.29, 0.717) is 30.5 Å². The van der Waals surface area contributed by atoms with Crippen LogP contribution in [-0.2, 0) is 11.2 Å². The molecule has 100 valence electrons. The van der Waals surface area contributed by atoms with Crippen LogP contribution in [0.25, 0.3) is 0 Å². The molecular weight excluding hydrogens is 230 g/mol. The number of nitrogen functional groups attached to an aromatic ring is 1. The molecule has 0 aromatic carbocycles. The number of aromatic nitrogens is 2. The molecule has 0 unspecified atom stereocenters. The molecule has 0 radical (unpaired) electrons. The van der Waals surface area contributed by atoms with Crippen LogP contribution in [0.3, 0.4) is 0 Å². The number of aryl methyl sites for hydroxylation is 1. The zero-order chi connectivity index (χ0) is 13.5. The molecule has 1 aromatic rings. The van der Waals surface area contributed by atoms with Crippen molar-refractivity contribution in [2.75, 3.05) is 30.3 Å². The summed E-state index contributed by atoms with van der Waals surface area (Å²) in [6, 6.07) is 1.70. The zero-order valence-corrected chi connectivity index (χ0v) is 11.2. The summed E-state index contributed by atoms with van der Waals surface area (Å²) in [6.45, 7) is 7.44. The van der Waals surface area contributed by atoms with Crippen LogP contribution in [0.1, 0.15) is 26.6 Å². The minimum Gasteiger partial charge on any atom is -0.384 e. The van der Waals surface area contributed by atoms with Crippen LogP contribution >= 0.6 is 0 Å². The van der Waals surface area contributed by atoms with Crippen molar-refractivity contribution >= 4 is 17.5 Å². The molecule has 0 aliphatic heterocycles. The van der Waals surface area contributed by atoms with Gasteiger partial charge in [0.1, 0.15) is 17.5 Å². The highest BCUT2D eigenvalue weighted by molar-refractivity contribution is 5.81. The molecule has 1 aromatic heterocycles. The van der Waals surface area contributed by atoms with Gasteiger partial charge in [0, 0.05) is 25.6 Å². The summed E-state index contributed by atoms with van der Waals surface area (Å²) >= 11 is 0. The van der Waals surface area contributed by atoms with E-state index in [1.807, 2.05) is 25.7 Å². The van der Waals surface area contributed by atoms with E-state index in [1.165, 1.54) is 0 Å². The lowest BCUT2D eigenvalue weighted by Gasteiger charge is -2.21. The van der Waals surface area contributed by atoms with Crippen molar-refractivity contribution in [2.24, 2.45) is 0 Å². The van der Waals surface area contributed by atoms with Gasteiger partial charge in [0.25, 0.3) is 0 Å². The quantitative estimate of drug-likeness (QED) is 0.772. The standard InChI is InChI=1S/C12H21N5O/c1-4-10-15-9(13)7-11(16-10)17(6-3)8-12(18)14-5-2/h7H,4-6,8H2,1-3H3,(H,14,18)(H2,13,15,16). The molecule has 1 amide bonds. The van der Waals surface area contributed by atoms with E-state index in [4.69, 9.17) is 5.73 Å². The lowest BCUT2D eigenvalue weighted by molar-refractivity contribution is -0.119. The average molecular weight is 251 g/mol. The number of hydrogen-bond donors (Lipinski definition) is 2. The molecule has 3 N–H and O–H groups in total. The van der Waals surface area contributed by atoms with Crippen molar-refractivity contribution in [1.29, 1.82) is 0 Å². The van der Waals surface area contributed by atoms with E-state index < -0.39 is 0 Å². The van der Waals surface area contributed by atoms with Crippen LogP contribution < -0.4 is 16.0 Å². The summed E-state index contributed by atoms with van der Waals surface area (Å²) in [5, 5.41) is 2.77. The van der Waals surface area contributed by atoms with Crippen molar-refractivity contribution in [1.82, 2.24) is 15.3 Å². The Labute approximate surface area is 108 Å². The minimum atomic E-state index is -0.0189. The third kappa shape index (κ3) is 3.87. The Morgan fingerprint density at radius 1 is 1.39 bits per heavy atom. The number of likely N-dealkylation sites (N-methyl/N-ethyl adjacent to an activating group) is 2. The molecule has 18 heavy (non-hydrogen) atoms. The van der Waals surface area contributed by atoms with E-state index in [-0.39, 0.29) is 12.5 Å². The first-order valence-corrected chi connectivity index (χ1v) is 6.25. The monoisotopic (exact) mass is 251 g/mol. The van der Waals surface area contributed by atoms with Crippen molar-refractivity contribution in [3.05, 3.63) is 11.9 Å². The normalized spacial score (nSPS) is 10.2. The van der Waals surface area contributed by atoms with Gasteiger partial charge in [-0.2, -0.15) is 0 Å². The average Bonchev–Trinajstić information content (AvgIpc) is 2.35. The molecule has 0 atom stereocenters. The predicted molar refractivity (Wildman–Crippen MR) is 72.4 cm³/mol. The smallest absolute Gasteiger partial charge is 0.239 e. The second-order valence-electron chi connectivity index (χ2n) is 3.89. The number of carbonyl (C=O) groups excluding carboxylic acids is 1. The summed E-state index contributed by atoms with van der Waals surface area (Å²) in [4.78, 5) is 22.0. The minimum absolute atomic E-state index is 0.0189. The van der Waals surface area contributed by atoms with Gasteiger partial charge in [-0.1, -0.05) is 6.92 Å². The third-order valence-electron chi connectivity index (χ3n) is 2.51. The Kier molecular flexibility index (Phi) is 5.35. The van der Waals surface area contributed by atoms with E-state index in [9.17, 15) is 4.79 Å². The molecule has 0 saturated carbocycles. The number of carbonyl (C=O) groups is 1. The first kappa shape index (κ1) is 14.2. The van der Waals surface area contributed by atoms with E-state index in [1.54, 1.807) is 6.07 Å². The fraction of sp³-hybridized carbons (Fsp3) is 0.583. The van der Waals surface area contributed by atoms with Crippen molar-refractivity contribution in [3.63, 3.8) is 0 Å². The molecule has 0 aliphatic rings. The fourth-order valence-corrected chi connectivity index (χ4v) is 1.60. The maximum absolute atomic E-state index is 11.6. The SMILES string of the molecule is CCNC(=O)CN(CC)c1cc(N)nc(CC)n1. The van der Waals surface area contributed by atoms with Gasteiger partial charge < -0.3 is 16.0 Å². The molecule has 0 aliphatic carbocycles. The lowest BCUT2D eigenvalue weighted by Crippen LogP contribution is -2.37. The van der Waals surface area contributed by atoms with E-state index in [0.717, 1.165) is 6.42 Å². The number of hydrogen-bond acceptors (Lipinski definition) is 5. The highest BCUT2D eigenvalue weighted by atomic mass is 16.2. The Balaban J connectivity index is 2.87. The van der Waals surface area contributed by atoms with E-state index >= 15 is 0 Å². The molecule has 6 nitrogen and oxygen atoms in total. The molecule has 6 heteroatoms. The Morgan fingerprint density at radius 2 is 2.11 bits per heavy atom. The summed E-state index contributed by atoms with van der Waals surface area (Å²) in [6.07, 6.45) is 0.719. The number of nitrogens with one attached hydrogen (secondary N) is 1. The van der Waals surface area contributed by atoms with Crippen molar-refractivity contribution in [3.8, 4) is 0 Å². The maximum Gasteiger partial charge on any atom is 0.239 e. The third-order valence-corrected chi connectivity index (χ3v) is 2.51. The summed E-state index contributed by atoms with van der Waals surface area (Å²) in [7, 11) is 0. The number of rotatable bonds is 6. The predicted octanol–water partition coefficient (Wildman–Crippen LogP) is 0.584. The summed E-state index contributed by atoms with van der Waals surface area (Å²) in [5.74, 6) is 1.81. The Hall–Kier alpha value is -1.85. The van der Waals surface area contributed by atoms with Crippen LogP contribution in [0.15, 0.2) is 6.07 Å². The second-order valence-corrected chi connectivity index (χ2v) is 3.89. The second kappa shape index (κ2) is 6.78. The Morgan fingerprint density at radius 3 is 2.67 bits per heavy atom. The van der Waals surface area contributed by atoms with Gasteiger partial charge in [0.15, 0.2) is 0 Å². The Bertz CT molecular complexity index is 407. The van der Waals surface area contributed by atoms with Crippen molar-refractivity contribution < 1.29 is 4.79 Å². The first-order valence-electron chi connectivity index (χ1n) is 6.25. The van der Waals surface area contributed by atoms with Crippen LogP contribution in [0.2, 0.25) is 0 Å². The molecule has 0 saturated heterocycles. The van der Waals surface area contributed by atoms with Crippen LogP contribution in [0, 0.1) is 0 Å². The van der Waals surface area contributed by atoms with Crippen LogP contribution in [-0.4, -0.2) is 35.5 Å². The lowest BCUT2D eigenvalue weighted by atomic mass is 10.3. The van der Waals surface area contributed by atoms with Gasteiger partial charge >= 0.3 is 0 Å².